The first-order chi connectivity index (χ1) is 10.8. The first-order valence-electron chi connectivity index (χ1n) is 7.85. The fourth-order valence-electron chi connectivity index (χ4n) is 2.72. The highest BCUT2D eigenvalue weighted by molar-refractivity contribution is 7.89. The molecule has 0 radical (unpaired) electrons. The lowest BCUT2D eigenvalue weighted by Crippen LogP contribution is -2.39. The van der Waals surface area contributed by atoms with Gasteiger partial charge in [0, 0.05) is 13.1 Å². The fraction of sp³-hybridized carbons (Fsp3) is 0.562. The molecule has 1 aromatic rings. The molecule has 1 heterocycles. The number of aromatic carboxylic acids is 1. The second-order valence-corrected chi connectivity index (χ2v) is 7.94. The van der Waals surface area contributed by atoms with E-state index in [4.69, 9.17) is 5.11 Å². The number of hydrogen-bond acceptors (Lipinski definition) is 4. The Kier molecular flexibility index (Phi) is 5.78. The average molecular weight is 340 g/mol. The number of rotatable bonds is 6. The summed E-state index contributed by atoms with van der Waals surface area (Å²) in [7, 11) is -3.70. The maximum Gasteiger partial charge on any atom is 0.335 e. The summed E-state index contributed by atoms with van der Waals surface area (Å²) in [6.45, 7) is 6.88. The van der Waals surface area contributed by atoms with Gasteiger partial charge in [-0.05, 0) is 56.5 Å². The summed E-state index contributed by atoms with van der Waals surface area (Å²) in [5.41, 5.74) is 0.510. The highest BCUT2D eigenvalue weighted by atomic mass is 32.2. The molecular formula is C16H24N2O4S. The summed E-state index contributed by atoms with van der Waals surface area (Å²) < 4.78 is 27.4. The minimum atomic E-state index is -3.70. The van der Waals surface area contributed by atoms with Gasteiger partial charge in [-0.15, -0.1) is 0 Å². The summed E-state index contributed by atoms with van der Waals surface area (Å²) >= 11 is 0. The van der Waals surface area contributed by atoms with E-state index in [0.717, 1.165) is 31.8 Å². The largest absolute Gasteiger partial charge is 0.478 e. The van der Waals surface area contributed by atoms with Crippen molar-refractivity contribution in [2.75, 3.05) is 26.2 Å². The molecule has 128 valence electrons. The van der Waals surface area contributed by atoms with Gasteiger partial charge in [-0.25, -0.2) is 17.9 Å². The number of benzene rings is 1. The monoisotopic (exact) mass is 340 g/mol. The first kappa shape index (κ1) is 17.9. The zero-order valence-electron chi connectivity index (χ0n) is 13.6. The van der Waals surface area contributed by atoms with Crippen molar-refractivity contribution in [3.05, 3.63) is 29.3 Å². The molecule has 7 heteroatoms. The number of carbonyl (C=O) groups is 1. The zero-order valence-corrected chi connectivity index (χ0v) is 14.4. The van der Waals surface area contributed by atoms with Crippen LogP contribution in [0.4, 0.5) is 0 Å². The van der Waals surface area contributed by atoms with Crippen LogP contribution in [0.25, 0.3) is 0 Å². The SMILES string of the molecule is Cc1ccc(C(=O)O)cc1S(=O)(=O)NCCN1CCC(C)CC1. The molecule has 1 aliphatic rings. The van der Waals surface area contributed by atoms with Gasteiger partial charge < -0.3 is 10.0 Å². The summed E-state index contributed by atoms with van der Waals surface area (Å²) in [5, 5.41) is 9.01. The van der Waals surface area contributed by atoms with Crippen molar-refractivity contribution in [3.63, 3.8) is 0 Å². The number of carboxylic acids is 1. The van der Waals surface area contributed by atoms with E-state index >= 15 is 0 Å². The van der Waals surface area contributed by atoms with Crippen molar-refractivity contribution < 1.29 is 18.3 Å². The molecule has 0 saturated carbocycles. The van der Waals surface area contributed by atoms with Crippen LogP contribution in [0.5, 0.6) is 0 Å². The van der Waals surface area contributed by atoms with Crippen molar-refractivity contribution >= 4 is 16.0 Å². The molecule has 0 spiro atoms. The smallest absolute Gasteiger partial charge is 0.335 e. The lowest BCUT2D eigenvalue weighted by Gasteiger charge is -2.30. The van der Waals surface area contributed by atoms with Crippen LogP contribution in [0, 0.1) is 12.8 Å². The lowest BCUT2D eigenvalue weighted by atomic mass is 9.99. The Labute approximate surface area is 137 Å². The number of nitrogens with zero attached hydrogens (tertiary/aromatic N) is 1. The molecule has 0 unspecified atom stereocenters. The van der Waals surface area contributed by atoms with Crippen LogP contribution in [0.3, 0.4) is 0 Å². The third-order valence-corrected chi connectivity index (χ3v) is 5.92. The van der Waals surface area contributed by atoms with Crippen LogP contribution in [0.15, 0.2) is 23.1 Å². The Morgan fingerprint density at radius 3 is 2.61 bits per heavy atom. The van der Waals surface area contributed by atoms with Crippen LogP contribution < -0.4 is 4.72 Å². The summed E-state index contributed by atoms with van der Waals surface area (Å²) in [4.78, 5) is 13.3. The normalized spacial score (nSPS) is 17.3. The van der Waals surface area contributed by atoms with Gasteiger partial charge in [0.2, 0.25) is 10.0 Å². The Hall–Kier alpha value is -1.44. The highest BCUT2D eigenvalue weighted by Crippen LogP contribution is 2.18. The summed E-state index contributed by atoms with van der Waals surface area (Å²) in [6, 6.07) is 4.14. The third kappa shape index (κ3) is 4.76. The Balaban J connectivity index is 1.99. The van der Waals surface area contributed by atoms with Crippen LogP contribution in [-0.4, -0.2) is 50.6 Å². The molecule has 0 aromatic heterocycles. The molecule has 6 nitrogen and oxygen atoms in total. The van der Waals surface area contributed by atoms with E-state index in [1.54, 1.807) is 6.92 Å². The maximum atomic E-state index is 12.4. The van der Waals surface area contributed by atoms with Crippen LogP contribution >= 0.6 is 0 Å². The van der Waals surface area contributed by atoms with E-state index in [9.17, 15) is 13.2 Å². The lowest BCUT2D eigenvalue weighted by molar-refractivity contribution is 0.0696. The number of nitrogens with one attached hydrogen (secondary N) is 1. The molecule has 0 atom stereocenters. The van der Waals surface area contributed by atoms with Crippen LogP contribution in [0.1, 0.15) is 35.7 Å². The quantitative estimate of drug-likeness (QED) is 0.823. The van der Waals surface area contributed by atoms with Crippen molar-refractivity contribution in [1.82, 2.24) is 9.62 Å². The average Bonchev–Trinajstić information content (AvgIpc) is 2.49. The molecule has 0 bridgehead atoms. The Morgan fingerprint density at radius 1 is 1.35 bits per heavy atom. The number of hydrogen-bond donors (Lipinski definition) is 2. The Bertz CT molecular complexity index is 665. The predicted molar refractivity (Wildman–Crippen MR) is 88.2 cm³/mol. The van der Waals surface area contributed by atoms with E-state index < -0.39 is 16.0 Å². The van der Waals surface area contributed by atoms with E-state index in [1.807, 2.05) is 0 Å². The molecule has 1 saturated heterocycles. The molecule has 23 heavy (non-hydrogen) atoms. The molecule has 0 amide bonds. The van der Waals surface area contributed by atoms with Gasteiger partial charge >= 0.3 is 5.97 Å². The number of carboxylic acid groups (broad SMARTS) is 1. The van der Waals surface area contributed by atoms with Crippen LogP contribution in [0.2, 0.25) is 0 Å². The van der Waals surface area contributed by atoms with Gasteiger partial charge in [-0.2, -0.15) is 0 Å². The number of sulfonamides is 1. The van der Waals surface area contributed by atoms with Gasteiger partial charge in [0.15, 0.2) is 0 Å². The fourth-order valence-corrected chi connectivity index (χ4v) is 4.01. The minimum absolute atomic E-state index is 0.0269. The third-order valence-electron chi connectivity index (χ3n) is 4.32. The van der Waals surface area contributed by atoms with Crippen molar-refractivity contribution in [2.24, 2.45) is 5.92 Å². The van der Waals surface area contributed by atoms with Gasteiger partial charge in [0.1, 0.15) is 0 Å². The van der Waals surface area contributed by atoms with Crippen molar-refractivity contribution in [2.45, 2.75) is 31.6 Å². The van der Waals surface area contributed by atoms with Crippen molar-refractivity contribution in [1.29, 1.82) is 0 Å². The number of likely N-dealkylation sites (tertiary alicyclic amines) is 1. The number of aryl methyl sites for hydroxylation is 1. The van der Waals surface area contributed by atoms with E-state index in [-0.39, 0.29) is 10.5 Å². The van der Waals surface area contributed by atoms with Crippen LogP contribution in [-0.2, 0) is 10.0 Å². The first-order valence-corrected chi connectivity index (χ1v) is 9.34. The highest BCUT2D eigenvalue weighted by Gasteiger charge is 2.20. The number of piperidine rings is 1. The van der Waals surface area contributed by atoms with E-state index in [0.29, 0.717) is 18.7 Å². The standard InChI is InChI=1S/C16H24N2O4S/c1-12-5-8-18(9-6-12)10-7-17-23(21,22)15-11-14(16(19)20)4-3-13(15)2/h3-4,11-12,17H,5-10H2,1-2H3,(H,19,20). The molecule has 2 N–H and O–H groups in total. The van der Waals surface area contributed by atoms with Gasteiger partial charge in [-0.3, -0.25) is 0 Å². The minimum Gasteiger partial charge on any atom is -0.478 e. The maximum absolute atomic E-state index is 12.4. The second kappa shape index (κ2) is 7.42. The van der Waals surface area contributed by atoms with E-state index in [1.165, 1.54) is 18.2 Å². The zero-order chi connectivity index (χ0) is 17.0. The predicted octanol–water partition coefficient (Wildman–Crippen LogP) is 1.70. The summed E-state index contributed by atoms with van der Waals surface area (Å²) in [5.74, 6) is -0.395. The molecule has 1 fully saturated rings. The topological polar surface area (TPSA) is 86.7 Å². The molecule has 2 rings (SSSR count). The van der Waals surface area contributed by atoms with Gasteiger partial charge in [0.05, 0.1) is 10.5 Å². The van der Waals surface area contributed by atoms with E-state index in [2.05, 4.69) is 16.5 Å². The molecular weight excluding hydrogens is 316 g/mol. The second-order valence-electron chi connectivity index (χ2n) is 6.21. The van der Waals surface area contributed by atoms with Gasteiger partial charge in [0.25, 0.3) is 0 Å². The van der Waals surface area contributed by atoms with Gasteiger partial charge in [-0.1, -0.05) is 13.0 Å². The Morgan fingerprint density at radius 2 is 2.00 bits per heavy atom. The molecule has 1 aliphatic heterocycles. The summed E-state index contributed by atoms with van der Waals surface area (Å²) in [6.07, 6.45) is 2.29. The molecule has 0 aliphatic carbocycles. The van der Waals surface area contributed by atoms with Crippen molar-refractivity contribution in [3.8, 4) is 0 Å². The molecule has 1 aromatic carbocycles.